The minimum atomic E-state index is -0.430. The van der Waals surface area contributed by atoms with Gasteiger partial charge >= 0.3 is 0 Å². The molecule has 1 heterocycles. The van der Waals surface area contributed by atoms with Crippen molar-refractivity contribution in [3.05, 3.63) is 93.4 Å². The van der Waals surface area contributed by atoms with Gasteiger partial charge in [0.1, 0.15) is 6.29 Å². The Balaban J connectivity index is 1.80. The number of rotatable bonds is 3. The molecule has 0 spiro atoms. The van der Waals surface area contributed by atoms with Crippen LogP contribution in [-0.2, 0) is 6.54 Å². The van der Waals surface area contributed by atoms with Crippen molar-refractivity contribution in [1.82, 2.24) is 4.90 Å². The van der Waals surface area contributed by atoms with Crippen molar-refractivity contribution in [2.45, 2.75) is 19.0 Å². The maximum absolute atomic E-state index is 6.72. The van der Waals surface area contributed by atoms with Crippen molar-refractivity contribution in [2.75, 3.05) is 4.90 Å². The van der Waals surface area contributed by atoms with Crippen molar-refractivity contribution in [3.8, 4) is 0 Å². The van der Waals surface area contributed by atoms with Crippen LogP contribution in [0.3, 0.4) is 0 Å². The van der Waals surface area contributed by atoms with Gasteiger partial charge in [-0.15, -0.1) is 0 Å². The summed E-state index contributed by atoms with van der Waals surface area (Å²) in [6.07, 6.45) is -0.737. The van der Waals surface area contributed by atoms with Gasteiger partial charge in [0.15, 0.2) is 0 Å². The van der Waals surface area contributed by atoms with Crippen LogP contribution in [0.1, 0.15) is 17.3 Å². The summed E-state index contributed by atoms with van der Waals surface area (Å²) in [7, 11) is 0. The van der Waals surface area contributed by atoms with Crippen LogP contribution in [0.4, 0.5) is 11.4 Å². The lowest BCUT2D eigenvalue weighted by Crippen LogP contribution is -2.58. The lowest BCUT2D eigenvalue weighted by atomic mass is 10.0. The molecule has 6 heteroatoms. The smallest absolute Gasteiger partial charge is 0.141 e. The molecule has 1 aliphatic heterocycles. The maximum atomic E-state index is 6.72. The third kappa shape index (κ3) is 3.49. The van der Waals surface area contributed by atoms with E-state index < -0.39 is 6.29 Å². The van der Waals surface area contributed by atoms with Gasteiger partial charge in [0.25, 0.3) is 0 Å². The summed E-state index contributed by atoms with van der Waals surface area (Å²) in [5, 5.41) is 0.671. The van der Waals surface area contributed by atoms with Crippen molar-refractivity contribution in [3.63, 3.8) is 0 Å². The zero-order valence-electron chi connectivity index (χ0n) is 14.6. The van der Waals surface area contributed by atoms with Gasteiger partial charge in [-0.3, -0.25) is 5.73 Å². The van der Waals surface area contributed by atoms with Crippen LogP contribution >= 0.6 is 27.5 Å². The van der Waals surface area contributed by atoms with Gasteiger partial charge in [0.05, 0.1) is 6.17 Å². The number of hydrogen-bond acceptors (Lipinski definition) is 4. The van der Waals surface area contributed by atoms with Crippen LogP contribution in [0.5, 0.6) is 0 Å². The average molecular weight is 444 g/mol. The van der Waals surface area contributed by atoms with E-state index in [-0.39, 0.29) is 6.17 Å². The van der Waals surface area contributed by atoms with E-state index in [0.717, 1.165) is 27.0 Å². The number of nitrogens with zero attached hydrogens (tertiary/aromatic N) is 2. The van der Waals surface area contributed by atoms with Crippen molar-refractivity contribution < 1.29 is 0 Å². The highest BCUT2D eigenvalue weighted by molar-refractivity contribution is 9.10. The monoisotopic (exact) mass is 442 g/mol. The fourth-order valence-corrected chi connectivity index (χ4v) is 4.12. The van der Waals surface area contributed by atoms with E-state index in [4.69, 9.17) is 23.1 Å². The molecule has 4 nitrogen and oxygen atoms in total. The number of nitrogens with two attached hydrogens (primary N) is 2. The van der Waals surface area contributed by atoms with Gasteiger partial charge in [0.2, 0.25) is 0 Å². The first-order chi connectivity index (χ1) is 13.1. The zero-order chi connectivity index (χ0) is 19.0. The van der Waals surface area contributed by atoms with E-state index >= 15 is 0 Å². The summed E-state index contributed by atoms with van der Waals surface area (Å²) in [5.41, 5.74) is 17.5. The molecule has 0 amide bonds. The van der Waals surface area contributed by atoms with Crippen LogP contribution in [0, 0.1) is 0 Å². The predicted octanol–water partition coefficient (Wildman–Crippen LogP) is 4.96. The topological polar surface area (TPSA) is 58.5 Å². The van der Waals surface area contributed by atoms with E-state index in [1.165, 1.54) is 0 Å². The van der Waals surface area contributed by atoms with E-state index in [9.17, 15) is 0 Å². The highest BCUT2D eigenvalue weighted by Crippen LogP contribution is 2.40. The molecular formula is C21H20BrClN4. The van der Waals surface area contributed by atoms with Crippen LogP contribution < -0.4 is 16.4 Å². The van der Waals surface area contributed by atoms with Crippen molar-refractivity contribution in [1.29, 1.82) is 0 Å². The van der Waals surface area contributed by atoms with Gasteiger partial charge in [-0.05, 0) is 35.9 Å². The summed E-state index contributed by atoms with van der Waals surface area (Å²) >= 11 is 9.87. The van der Waals surface area contributed by atoms with E-state index in [1.807, 2.05) is 60.7 Å². The van der Waals surface area contributed by atoms with Crippen LogP contribution in [0.25, 0.3) is 0 Å². The molecule has 4 N–H and O–H groups in total. The largest absolute Gasteiger partial charge is 0.312 e. The summed E-state index contributed by atoms with van der Waals surface area (Å²) in [6, 6.07) is 23.9. The van der Waals surface area contributed by atoms with Gasteiger partial charge in [-0.2, -0.15) is 0 Å². The molecule has 0 fully saturated rings. The molecule has 2 unspecified atom stereocenters. The number of benzene rings is 3. The number of fused-ring (bicyclic) bond motifs is 1. The van der Waals surface area contributed by atoms with E-state index in [0.29, 0.717) is 11.6 Å². The Labute approximate surface area is 172 Å². The first-order valence-electron chi connectivity index (χ1n) is 8.70. The molecule has 2 atom stereocenters. The third-order valence-electron chi connectivity index (χ3n) is 4.87. The Kier molecular flexibility index (Phi) is 5.21. The predicted molar refractivity (Wildman–Crippen MR) is 115 cm³/mol. The second kappa shape index (κ2) is 7.62. The number of halogens is 2. The molecule has 0 bridgehead atoms. The van der Waals surface area contributed by atoms with E-state index in [2.05, 4.69) is 37.9 Å². The molecule has 138 valence electrons. The first-order valence-corrected chi connectivity index (χ1v) is 9.87. The minimum Gasteiger partial charge on any atom is -0.312 e. The van der Waals surface area contributed by atoms with Gasteiger partial charge in [0, 0.05) is 33.0 Å². The summed E-state index contributed by atoms with van der Waals surface area (Å²) < 4.78 is 1.04. The highest BCUT2D eigenvalue weighted by Gasteiger charge is 2.36. The van der Waals surface area contributed by atoms with Crippen molar-refractivity contribution >= 4 is 38.9 Å². The Hall–Kier alpha value is -1.89. The molecule has 4 rings (SSSR count). The summed E-state index contributed by atoms with van der Waals surface area (Å²) in [4.78, 5) is 4.17. The molecule has 0 aromatic heterocycles. The molecular weight excluding hydrogens is 424 g/mol. The van der Waals surface area contributed by atoms with E-state index in [1.54, 1.807) is 0 Å². The highest BCUT2D eigenvalue weighted by atomic mass is 79.9. The number of anilines is 2. The van der Waals surface area contributed by atoms with Gasteiger partial charge in [-0.25, -0.2) is 4.90 Å². The average Bonchev–Trinajstić information content (AvgIpc) is 2.67. The molecule has 3 aromatic carbocycles. The SMILES string of the molecule is NC1c2ccccc2N(c2cccc(Cl)c2)C(N)N1Cc1ccccc1Br. The molecule has 0 radical (unpaired) electrons. The second-order valence-corrected chi connectivity index (χ2v) is 7.82. The summed E-state index contributed by atoms with van der Waals surface area (Å²) in [6.45, 7) is 0.620. The van der Waals surface area contributed by atoms with Gasteiger partial charge in [-0.1, -0.05) is 70.0 Å². The quantitative estimate of drug-likeness (QED) is 0.601. The lowest BCUT2D eigenvalue weighted by molar-refractivity contribution is 0.121. The number of hydrogen-bond donors (Lipinski definition) is 2. The third-order valence-corrected chi connectivity index (χ3v) is 5.88. The first kappa shape index (κ1) is 18.5. The Morgan fingerprint density at radius 1 is 0.926 bits per heavy atom. The second-order valence-electron chi connectivity index (χ2n) is 6.53. The summed E-state index contributed by atoms with van der Waals surface area (Å²) in [5.74, 6) is 0. The lowest BCUT2D eigenvalue weighted by Gasteiger charge is -2.47. The maximum Gasteiger partial charge on any atom is 0.141 e. The fraction of sp³-hybridized carbons (Fsp3) is 0.143. The number of para-hydroxylation sites is 1. The molecule has 27 heavy (non-hydrogen) atoms. The molecule has 3 aromatic rings. The van der Waals surface area contributed by atoms with Crippen molar-refractivity contribution in [2.24, 2.45) is 11.5 Å². The minimum absolute atomic E-state index is 0.307. The molecule has 0 saturated carbocycles. The molecule has 0 aliphatic carbocycles. The molecule has 1 aliphatic rings. The Bertz CT molecular complexity index is 964. The van der Waals surface area contributed by atoms with Crippen LogP contribution in [0.2, 0.25) is 5.02 Å². The zero-order valence-corrected chi connectivity index (χ0v) is 16.9. The van der Waals surface area contributed by atoms with Gasteiger partial charge < -0.3 is 10.6 Å². The van der Waals surface area contributed by atoms with Crippen LogP contribution in [0.15, 0.2) is 77.3 Å². The fourth-order valence-electron chi connectivity index (χ4n) is 3.52. The molecule has 0 saturated heterocycles. The Morgan fingerprint density at radius 2 is 1.67 bits per heavy atom. The van der Waals surface area contributed by atoms with Crippen LogP contribution in [-0.4, -0.2) is 11.2 Å². The Morgan fingerprint density at radius 3 is 2.44 bits per heavy atom. The standard InChI is InChI=1S/C21H20BrClN4/c22-18-10-3-1-6-14(18)13-26-20(24)17-9-2-4-11-19(17)27(21(26)25)16-8-5-7-15(23)12-16/h1-12,20-21H,13,24-25H2. The normalized spacial score (nSPS) is 19.8.